The van der Waals surface area contributed by atoms with Crippen LogP contribution < -0.4 is 15.8 Å². The van der Waals surface area contributed by atoms with E-state index in [1.165, 1.54) is 4.68 Å². The van der Waals surface area contributed by atoms with Crippen molar-refractivity contribution in [1.29, 1.82) is 0 Å². The van der Waals surface area contributed by atoms with Crippen LogP contribution in [0.25, 0.3) is 0 Å². The summed E-state index contributed by atoms with van der Waals surface area (Å²) in [6.45, 7) is 6.82. The first kappa shape index (κ1) is 19.4. The Morgan fingerprint density at radius 1 is 1.40 bits per heavy atom. The number of hydrogen-bond donors (Lipinski definition) is 1. The van der Waals surface area contributed by atoms with Crippen LogP contribution in [0, 0.1) is 5.92 Å². The van der Waals surface area contributed by atoms with Gasteiger partial charge in [-0.3, -0.25) is 9.59 Å². The lowest BCUT2D eigenvalue weighted by atomic mass is 10.0. The molecule has 1 aromatic rings. The number of ether oxygens (including phenoxy) is 1. The zero-order chi connectivity index (χ0) is 18.2. The van der Waals surface area contributed by atoms with E-state index in [0.717, 1.165) is 38.0 Å². The SMILES string of the molecule is COCCn1ncc(N2CCC(NC(=O)CCC(C)C)CC2)cc1=O. The Morgan fingerprint density at radius 2 is 2.12 bits per heavy atom. The van der Waals surface area contributed by atoms with Crippen LogP contribution in [0.3, 0.4) is 0 Å². The molecule has 2 heterocycles. The molecule has 0 unspecified atom stereocenters. The third-order valence-corrected chi connectivity index (χ3v) is 4.54. The summed E-state index contributed by atoms with van der Waals surface area (Å²) in [5, 5.41) is 7.34. The van der Waals surface area contributed by atoms with Gasteiger partial charge in [-0.1, -0.05) is 13.8 Å². The normalized spacial score (nSPS) is 15.6. The van der Waals surface area contributed by atoms with Crippen molar-refractivity contribution >= 4 is 11.6 Å². The van der Waals surface area contributed by atoms with Crippen molar-refractivity contribution in [2.75, 3.05) is 31.7 Å². The fraction of sp³-hybridized carbons (Fsp3) is 0.722. The monoisotopic (exact) mass is 350 g/mol. The number of methoxy groups -OCH3 is 1. The van der Waals surface area contributed by atoms with E-state index < -0.39 is 0 Å². The van der Waals surface area contributed by atoms with Crippen LogP contribution >= 0.6 is 0 Å². The van der Waals surface area contributed by atoms with Crippen molar-refractivity contribution in [3.63, 3.8) is 0 Å². The van der Waals surface area contributed by atoms with Gasteiger partial charge in [0, 0.05) is 38.7 Å². The van der Waals surface area contributed by atoms with Gasteiger partial charge in [0.1, 0.15) is 0 Å². The molecule has 25 heavy (non-hydrogen) atoms. The highest BCUT2D eigenvalue weighted by Crippen LogP contribution is 2.18. The van der Waals surface area contributed by atoms with Gasteiger partial charge in [0.05, 0.1) is 25.0 Å². The van der Waals surface area contributed by atoms with Crippen molar-refractivity contribution in [3.8, 4) is 0 Å². The molecule has 2 rings (SSSR count). The summed E-state index contributed by atoms with van der Waals surface area (Å²) in [6, 6.07) is 1.86. The third-order valence-electron chi connectivity index (χ3n) is 4.54. The van der Waals surface area contributed by atoms with Gasteiger partial charge < -0.3 is 15.0 Å². The first-order valence-corrected chi connectivity index (χ1v) is 9.10. The minimum absolute atomic E-state index is 0.112. The Bertz CT molecular complexity index is 607. The molecule has 1 amide bonds. The molecular weight excluding hydrogens is 320 g/mol. The standard InChI is InChI=1S/C18H30N4O3/c1-14(2)4-5-17(23)20-15-6-8-21(9-7-15)16-12-18(24)22(19-13-16)10-11-25-3/h12-15H,4-11H2,1-3H3,(H,20,23). The molecule has 7 nitrogen and oxygen atoms in total. The topological polar surface area (TPSA) is 76.5 Å². The van der Waals surface area contributed by atoms with Crippen LogP contribution in [-0.4, -0.2) is 48.5 Å². The summed E-state index contributed by atoms with van der Waals surface area (Å²) < 4.78 is 6.39. The molecule has 0 aromatic carbocycles. The van der Waals surface area contributed by atoms with Crippen LogP contribution in [0.5, 0.6) is 0 Å². The number of rotatable bonds is 8. The van der Waals surface area contributed by atoms with E-state index in [2.05, 4.69) is 29.2 Å². The Balaban J connectivity index is 1.82. The van der Waals surface area contributed by atoms with Crippen molar-refractivity contribution in [2.24, 2.45) is 5.92 Å². The molecule has 1 aliphatic rings. The number of amides is 1. The fourth-order valence-electron chi connectivity index (χ4n) is 2.94. The van der Waals surface area contributed by atoms with Gasteiger partial charge in [-0.2, -0.15) is 5.10 Å². The number of carbonyl (C=O) groups excluding carboxylic acids is 1. The first-order chi connectivity index (χ1) is 12.0. The second-order valence-electron chi connectivity index (χ2n) is 7.03. The van der Waals surface area contributed by atoms with Crippen LogP contribution in [-0.2, 0) is 16.1 Å². The molecule has 0 spiro atoms. The lowest BCUT2D eigenvalue weighted by Crippen LogP contribution is -2.45. The van der Waals surface area contributed by atoms with Gasteiger partial charge in [0.2, 0.25) is 5.91 Å². The Labute approximate surface area is 149 Å². The number of hydrogen-bond acceptors (Lipinski definition) is 5. The molecule has 1 saturated heterocycles. The number of anilines is 1. The first-order valence-electron chi connectivity index (χ1n) is 9.10. The van der Waals surface area contributed by atoms with Crippen molar-refractivity contribution in [1.82, 2.24) is 15.1 Å². The van der Waals surface area contributed by atoms with Crippen molar-refractivity contribution < 1.29 is 9.53 Å². The predicted molar refractivity (Wildman–Crippen MR) is 97.8 cm³/mol. The van der Waals surface area contributed by atoms with Gasteiger partial charge in [-0.25, -0.2) is 4.68 Å². The molecule has 140 valence electrons. The van der Waals surface area contributed by atoms with Gasteiger partial charge >= 0.3 is 0 Å². The van der Waals surface area contributed by atoms with Gasteiger partial charge in [0.15, 0.2) is 0 Å². The molecule has 1 aliphatic heterocycles. The summed E-state index contributed by atoms with van der Waals surface area (Å²) in [7, 11) is 1.60. The van der Waals surface area contributed by atoms with E-state index in [-0.39, 0.29) is 17.5 Å². The molecule has 0 atom stereocenters. The summed E-state index contributed by atoms with van der Waals surface area (Å²) in [5.41, 5.74) is 0.738. The van der Waals surface area contributed by atoms with Crippen molar-refractivity contribution in [2.45, 2.75) is 52.1 Å². The second-order valence-corrected chi connectivity index (χ2v) is 7.03. The largest absolute Gasteiger partial charge is 0.383 e. The highest BCUT2D eigenvalue weighted by molar-refractivity contribution is 5.76. The third kappa shape index (κ3) is 6.16. The molecule has 7 heteroatoms. The quantitative estimate of drug-likeness (QED) is 0.767. The summed E-state index contributed by atoms with van der Waals surface area (Å²) in [4.78, 5) is 26.2. The molecule has 0 saturated carbocycles. The average molecular weight is 350 g/mol. The smallest absolute Gasteiger partial charge is 0.268 e. The summed E-state index contributed by atoms with van der Waals surface area (Å²) in [6.07, 6.45) is 5.04. The van der Waals surface area contributed by atoms with E-state index in [0.29, 0.717) is 25.5 Å². The Hall–Kier alpha value is -1.89. The Kier molecular flexibility index (Phi) is 7.43. The molecule has 0 bridgehead atoms. The lowest BCUT2D eigenvalue weighted by molar-refractivity contribution is -0.122. The zero-order valence-electron chi connectivity index (χ0n) is 15.5. The van der Waals surface area contributed by atoms with Crippen LogP contribution in [0.1, 0.15) is 39.5 Å². The molecule has 0 aliphatic carbocycles. The molecule has 1 N–H and O–H groups in total. The lowest BCUT2D eigenvalue weighted by Gasteiger charge is -2.33. The van der Waals surface area contributed by atoms with E-state index in [9.17, 15) is 9.59 Å². The Morgan fingerprint density at radius 3 is 2.72 bits per heavy atom. The van der Waals surface area contributed by atoms with Crippen molar-refractivity contribution in [3.05, 3.63) is 22.6 Å². The highest BCUT2D eigenvalue weighted by atomic mass is 16.5. The highest BCUT2D eigenvalue weighted by Gasteiger charge is 2.21. The molecular formula is C18H30N4O3. The maximum atomic E-state index is 12.1. The number of carbonyl (C=O) groups is 1. The van der Waals surface area contributed by atoms with Crippen LogP contribution in [0.2, 0.25) is 0 Å². The molecule has 1 aromatic heterocycles. The number of piperidine rings is 1. The average Bonchev–Trinajstić information content (AvgIpc) is 2.59. The van der Waals surface area contributed by atoms with E-state index in [4.69, 9.17) is 4.74 Å². The second kappa shape index (κ2) is 9.56. The van der Waals surface area contributed by atoms with E-state index in [1.54, 1.807) is 19.4 Å². The number of nitrogens with one attached hydrogen (secondary N) is 1. The zero-order valence-corrected chi connectivity index (χ0v) is 15.5. The predicted octanol–water partition coefficient (Wildman–Crippen LogP) is 1.41. The molecule has 1 fully saturated rings. The number of nitrogens with zero attached hydrogens (tertiary/aromatic N) is 3. The number of aromatic nitrogens is 2. The van der Waals surface area contributed by atoms with Gasteiger partial charge in [0.25, 0.3) is 5.56 Å². The van der Waals surface area contributed by atoms with Gasteiger partial charge in [-0.15, -0.1) is 0 Å². The molecule has 0 radical (unpaired) electrons. The van der Waals surface area contributed by atoms with Crippen LogP contribution in [0.15, 0.2) is 17.1 Å². The summed E-state index contributed by atoms with van der Waals surface area (Å²) in [5.74, 6) is 0.695. The summed E-state index contributed by atoms with van der Waals surface area (Å²) >= 11 is 0. The fourth-order valence-corrected chi connectivity index (χ4v) is 2.94. The van der Waals surface area contributed by atoms with E-state index in [1.807, 2.05) is 0 Å². The van der Waals surface area contributed by atoms with Gasteiger partial charge in [-0.05, 0) is 25.2 Å². The maximum absolute atomic E-state index is 12.1. The minimum atomic E-state index is -0.112. The maximum Gasteiger partial charge on any atom is 0.268 e. The van der Waals surface area contributed by atoms with Crippen LogP contribution in [0.4, 0.5) is 5.69 Å². The minimum Gasteiger partial charge on any atom is -0.383 e. The van der Waals surface area contributed by atoms with E-state index >= 15 is 0 Å².